The van der Waals surface area contributed by atoms with E-state index in [0.717, 1.165) is 17.7 Å². The number of rotatable bonds is 9. The van der Waals surface area contributed by atoms with Crippen molar-refractivity contribution in [3.63, 3.8) is 0 Å². The average molecular weight is 305 g/mol. The summed E-state index contributed by atoms with van der Waals surface area (Å²) in [6.45, 7) is 5.17. The second-order valence-corrected chi connectivity index (χ2v) is 4.78. The van der Waals surface area contributed by atoms with E-state index in [-0.39, 0.29) is 18.9 Å². The highest BCUT2D eigenvalue weighted by Gasteiger charge is 2.10. The number of aliphatic carboxylic acids is 1. The van der Waals surface area contributed by atoms with Crippen LogP contribution in [0.5, 0.6) is 5.75 Å². The SMILES string of the molecule is CCCOc1ccccc1/C=C/C(=O)N(CC)CCC(=O)O. The first kappa shape index (κ1) is 17.8. The molecule has 0 saturated carbocycles. The fourth-order valence-electron chi connectivity index (χ4n) is 1.88. The van der Waals surface area contributed by atoms with Crippen LogP contribution in [0.15, 0.2) is 30.3 Å². The number of hydrogen-bond acceptors (Lipinski definition) is 3. The number of carboxylic acid groups (broad SMARTS) is 1. The maximum atomic E-state index is 12.1. The number of amides is 1. The summed E-state index contributed by atoms with van der Waals surface area (Å²) in [4.78, 5) is 24.2. The van der Waals surface area contributed by atoms with Gasteiger partial charge in [-0.15, -0.1) is 0 Å². The lowest BCUT2D eigenvalue weighted by Crippen LogP contribution is -2.31. The molecule has 5 heteroatoms. The van der Waals surface area contributed by atoms with Crippen LogP contribution >= 0.6 is 0 Å². The molecule has 120 valence electrons. The van der Waals surface area contributed by atoms with Crippen LogP contribution in [-0.4, -0.2) is 41.6 Å². The largest absolute Gasteiger partial charge is 0.493 e. The molecule has 22 heavy (non-hydrogen) atoms. The van der Waals surface area contributed by atoms with E-state index in [2.05, 4.69) is 0 Å². The van der Waals surface area contributed by atoms with Crippen LogP contribution in [-0.2, 0) is 9.59 Å². The lowest BCUT2D eigenvalue weighted by Gasteiger charge is -2.17. The van der Waals surface area contributed by atoms with E-state index in [1.165, 1.54) is 11.0 Å². The number of hydrogen-bond donors (Lipinski definition) is 1. The molecule has 0 unspecified atom stereocenters. The molecule has 0 saturated heterocycles. The van der Waals surface area contributed by atoms with Gasteiger partial charge in [-0.1, -0.05) is 25.1 Å². The normalized spacial score (nSPS) is 10.6. The van der Waals surface area contributed by atoms with E-state index >= 15 is 0 Å². The summed E-state index contributed by atoms with van der Waals surface area (Å²) in [6, 6.07) is 7.50. The van der Waals surface area contributed by atoms with Gasteiger partial charge in [-0.2, -0.15) is 0 Å². The van der Waals surface area contributed by atoms with Crippen LogP contribution in [0, 0.1) is 0 Å². The molecule has 1 aromatic rings. The standard InChI is InChI=1S/C17H23NO4/c1-3-13-22-15-8-6-5-7-14(15)9-10-16(19)18(4-2)12-11-17(20)21/h5-10H,3-4,11-13H2,1-2H3,(H,20,21)/b10-9+. The minimum absolute atomic E-state index is 0.0520. The zero-order chi connectivity index (χ0) is 16.4. The molecule has 1 amide bonds. The number of nitrogens with zero attached hydrogens (tertiary/aromatic N) is 1. The highest BCUT2D eigenvalue weighted by molar-refractivity contribution is 5.92. The zero-order valence-corrected chi connectivity index (χ0v) is 13.1. The Bertz CT molecular complexity index is 525. The van der Waals surface area contributed by atoms with E-state index < -0.39 is 5.97 Å². The first-order valence-corrected chi connectivity index (χ1v) is 7.49. The summed E-state index contributed by atoms with van der Waals surface area (Å²) in [5.74, 6) is -0.371. The molecule has 0 atom stereocenters. The van der Waals surface area contributed by atoms with Crippen LogP contribution in [0.3, 0.4) is 0 Å². The summed E-state index contributed by atoms with van der Waals surface area (Å²) in [6.07, 6.45) is 4.02. The quantitative estimate of drug-likeness (QED) is 0.712. The third-order valence-corrected chi connectivity index (χ3v) is 3.08. The minimum atomic E-state index is -0.909. The zero-order valence-electron chi connectivity index (χ0n) is 13.1. The van der Waals surface area contributed by atoms with Gasteiger partial charge in [0.2, 0.25) is 5.91 Å². The molecule has 0 radical (unpaired) electrons. The number of carbonyl (C=O) groups excluding carboxylic acids is 1. The number of ether oxygens (including phenoxy) is 1. The Hall–Kier alpha value is -2.30. The van der Waals surface area contributed by atoms with Crippen molar-refractivity contribution in [2.45, 2.75) is 26.7 Å². The molecule has 0 heterocycles. The number of carboxylic acids is 1. The highest BCUT2D eigenvalue weighted by atomic mass is 16.5. The van der Waals surface area contributed by atoms with Gasteiger partial charge in [-0.3, -0.25) is 9.59 Å². The second kappa shape index (κ2) is 9.60. The van der Waals surface area contributed by atoms with E-state index in [0.29, 0.717) is 13.2 Å². The fraction of sp³-hybridized carbons (Fsp3) is 0.412. The first-order chi connectivity index (χ1) is 10.6. The Kier molecular flexibility index (Phi) is 7.75. The molecule has 0 aliphatic rings. The Morgan fingerprint density at radius 3 is 2.64 bits per heavy atom. The Labute approximate surface area is 131 Å². The third-order valence-electron chi connectivity index (χ3n) is 3.08. The molecule has 5 nitrogen and oxygen atoms in total. The van der Waals surface area contributed by atoms with Crippen LogP contribution in [0.1, 0.15) is 32.3 Å². The molecular formula is C17H23NO4. The molecule has 1 rings (SSSR count). The second-order valence-electron chi connectivity index (χ2n) is 4.78. The van der Waals surface area contributed by atoms with E-state index in [4.69, 9.17) is 9.84 Å². The van der Waals surface area contributed by atoms with Gasteiger partial charge in [0.05, 0.1) is 13.0 Å². The molecule has 0 aromatic heterocycles. The first-order valence-electron chi connectivity index (χ1n) is 7.49. The number of benzene rings is 1. The monoisotopic (exact) mass is 305 g/mol. The van der Waals surface area contributed by atoms with Crippen molar-refractivity contribution in [3.8, 4) is 5.75 Å². The van der Waals surface area contributed by atoms with Crippen molar-refractivity contribution >= 4 is 18.0 Å². The molecule has 1 aromatic carbocycles. The van der Waals surface area contributed by atoms with Gasteiger partial charge in [-0.05, 0) is 25.5 Å². The van der Waals surface area contributed by atoms with Crippen molar-refractivity contribution in [3.05, 3.63) is 35.9 Å². The predicted molar refractivity (Wildman–Crippen MR) is 85.8 cm³/mol. The van der Waals surface area contributed by atoms with Gasteiger partial charge in [0, 0.05) is 24.7 Å². The molecule has 0 spiro atoms. The maximum absolute atomic E-state index is 12.1. The van der Waals surface area contributed by atoms with Crippen molar-refractivity contribution < 1.29 is 19.4 Å². The Balaban J connectivity index is 2.73. The Morgan fingerprint density at radius 1 is 1.27 bits per heavy atom. The minimum Gasteiger partial charge on any atom is -0.493 e. The summed E-state index contributed by atoms with van der Waals surface area (Å²) >= 11 is 0. The van der Waals surface area contributed by atoms with Gasteiger partial charge in [0.1, 0.15) is 5.75 Å². The lowest BCUT2D eigenvalue weighted by molar-refractivity contribution is -0.137. The van der Waals surface area contributed by atoms with Crippen molar-refractivity contribution in [1.29, 1.82) is 0 Å². The summed E-state index contributed by atoms with van der Waals surface area (Å²) in [5.41, 5.74) is 0.832. The van der Waals surface area contributed by atoms with Crippen LogP contribution in [0.25, 0.3) is 6.08 Å². The van der Waals surface area contributed by atoms with Crippen molar-refractivity contribution in [1.82, 2.24) is 4.90 Å². The number of likely N-dealkylation sites (N-methyl/N-ethyl adjacent to an activating group) is 1. The smallest absolute Gasteiger partial charge is 0.305 e. The molecule has 0 aliphatic carbocycles. The fourth-order valence-corrected chi connectivity index (χ4v) is 1.88. The van der Waals surface area contributed by atoms with Gasteiger partial charge in [-0.25, -0.2) is 0 Å². The van der Waals surface area contributed by atoms with Gasteiger partial charge < -0.3 is 14.7 Å². The molecule has 1 N–H and O–H groups in total. The van der Waals surface area contributed by atoms with Gasteiger partial charge in [0.25, 0.3) is 0 Å². The lowest BCUT2D eigenvalue weighted by atomic mass is 10.2. The van der Waals surface area contributed by atoms with Crippen molar-refractivity contribution in [2.24, 2.45) is 0 Å². The van der Waals surface area contributed by atoms with E-state index in [1.54, 1.807) is 6.08 Å². The van der Waals surface area contributed by atoms with Gasteiger partial charge in [0.15, 0.2) is 0 Å². The molecule has 0 bridgehead atoms. The summed E-state index contributed by atoms with van der Waals surface area (Å²) in [7, 11) is 0. The van der Waals surface area contributed by atoms with Crippen molar-refractivity contribution in [2.75, 3.05) is 19.7 Å². The summed E-state index contributed by atoms with van der Waals surface area (Å²) in [5, 5.41) is 8.69. The highest BCUT2D eigenvalue weighted by Crippen LogP contribution is 2.19. The van der Waals surface area contributed by atoms with Crippen LogP contribution in [0.4, 0.5) is 0 Å². The van der Waals surface area contributed by atoms with E-state index in [1.807, 2.05) is 38.1 Å². The predicted octanol–water partition coefficient (Wildman–Crippen LogP) is 2.81. The number of carbonyl (C=O) groups is 2. The topological polar surface area (TPSA) is 66.8 Å². The summed E-state index contributed by atoms with van der Waals surface area (Å²) < 4.78 is 5.63. The van der Waals surface area contributed by atoms with E-state index in [9.17, 15) is 9.59 Å². The molecular weight excluding hydrogens is 282 g/mol. The molecule has 0 aliphatic heterocycles. The van der Waals surface area contributed by atoms with Crippen LogP contribution in [0.2, 0.25) is 0 Å². The number of para-hydroxylation sites is 1. The average Bonchev–Trinajstić information content (AvgIpc) is 2.52. The Morgan fingerprint density at radius 2 is 2.00 bits per heavy atom. The molecule has 0 fully saturated rings. The third kappa shape index (κ3) is 5.99. The maximum Gasteiger partial charge on any atom is 0.305 e. The van der Waals surface area contributed by atoms with Gasteiger partial charge >= 0.3 is 5.97 Å². The van der Waals surface area contributed by atoms with Crippen LogP contribution < -0.4 is 4.74 Å².